The molecule has 3 rings (SSSR count). The van der Waals surface area contributed by atoms with Gasteiger partial charge in [0.2, 0.25) is 5.91 Å². The quantitative estimate of drug-likeness (QED) is 0.626. The summed E-state index contributed by atoms with van der Waals surface area (Å²) in [6, 6.07) is 10.0. The molecule has 0 radical (unpaired) electrons. The molecular formula is C21H23N3O5S. The zero-order valence-corrected chi connectivity index (χ0v) is 17.2. The highest BCUT2D eigenvalue weighted by Gasteiger charge is 2.20. The van der Waals surface area contributed by atoms with Gasteiger partial charge in [0, 0.05) is 30.9 Å². The molecule has 0 saturated carbocycles. The standard InChI is InChI=1S/C21H23N3O5S/c25-18(23-21(28)22-9-8-17-6-3-11-30-17)14-29-20(27)16-5-1-4-15(12-16)13-24-10-2-7-19(24)26/h1,3-6,11-12H,2,7-10,13-14H2,(H2,22,23,25,28). The van der Waals surface area contributed by atoms with Crippen LogP contribution >= 0.6 is 11.3 Å². The maximum atomic E-state index is 12.2. The van der Waals surface area contributed by atoms with Crippen LogP contribution in [-0.4, -0.2) is 48.4 Å². The van der Waals surface area contributed by atoms with Crippen molar-refractivity contribution in [2.45, 2.75) is 25.8 Å². The molecule has 30 heavy (non-hydrogen) atoms. The van der Waals surface area contributed by atoms with Gasteiger partial charge in [0.1, 0.15) is 0 Å². The van der Waals surface area contributed by atoms with Crippen LogP contribution in [0.1, 0.15) is 33.6 Å². The zero-order chi connectivity index (χ0) is 21.3. The lowest BCUT2D eigenvalue weighted by Crippen LogP contribution is -2.42. The van der Waals surface area contributed by atoms with Crippen LogP contribution in [0.5, 0.6) is 0 Å². The minimum atomic E-state index is -0.712. The van der Waals surface area contributed by atoms with Crippen LogP contribution in [0.25, 0.3) is 0 Å². The summed E-state index contributed by atoms with van der Waals surface area (Å²) in [7, 11) is 0. The number of carbonyl (C=O) groups excluding carboxylic acids is 4. The van der Waals surface area contributed by atoms with Crippen molar-refractivity contribution in [3.05, 3.63) is 57.8 Å². The Hall–Kier alpha value is -3.20. The van der Waals surface area contributed by atoms with Crippen LogP contribution in [-0.2, 0) is 27.3 Å². The largest absolute Gasteiger partial charge is 0.452 e. The van der Waals surface area contributed by atoms with Crippen molar-refractivity contribution in [2.24, 2.45) is 0 Å². The van der Waals surface area contributed by atoms with Gasteiger partial charge in [0.15, 0.2) is 6.61 Å². The smallest absolute Gasteiger partial charge is 0.338 e. The van der Waals surface area contributed by atoms with Gasteiger partial charge < -0.3 is 15.0 Å². The van der Waals surface area contributed by atoms with E-state index in [2.05, 4.69) is 10.6 Å². The van der Waals surface area contributed by atoms with Gasteiger partial charge >= 0.3 is 12.0 Å². The van der Waals surface area contributed by atoms with E-state index in [9.17, 15) is 19.2 Å². The van der Waals surface area contributed by atoms with Crippen molar-refractivity contribution in [2.75, 3.05) is 19.7 Å². The lowest BCUT2D eigenvalue weighted by Gasteiger charge is -2.15. The number of thiophene rings is 1. The monoisotopic (exact) mass is 429 g/mol. The molecule has 2 N–H and O–H groups in total. The van der Waals surface area contributed by atoms with E-state index in [1.807, 2.05) is 23.6 Å². The molecule has 2 aromatic rings. The minimum Gasteiger partial charge on any atom is -0.452 e. The van der Waals surface area contributed by atoms with E-state index in [0.29, 0.717) is 32.5 Å². The molecule has 1 aliphatic heterocycles. The van der Waals surface area contributed by atoms with E-state index >= 15 is 0 Å². The third-order valence-electron chi connectivity index (χ3n) is 4.53. The summed E-state index contributed by atoms with van der Waals surface area (Å²) in [6.07, 6.45) is 2.07. The fourth-order valence-corrected chi connectivity index (χ4v) is 3.77. The van der Waals surface area contributed by atoms with Gasteiger partial charge in [-0.1, -0.05) is 18.2 Å². The first-order valence-corrected chi connectivity index (χ1v) is 10.5. The number of nitrogens with one attached hydrogen (secondary N) is 2. The van der Waals surface area contributed by atoms with Crippen LogP contribution < -0.4 is 10.6 Å². The Labute approximate surface area is 178 Å². The third kappa shape index (κ3) is 6.41. The SMILES string of the molecule is O=C(COC(=O)c1cccc(CN2CCCC2=O)c1)NC(=O)NCCc1cccs1. The molecule has 1 saturated heterocycles. The number of imide groups is 1. The number of ether oxygens (including phenoxy) is 1. The fourth-order valence-electron chi connectivity index (χ4n) is 3.06. The molecule has 9 heteroatoms. The molecule has 0 bridgehead atoms. The van der Waals surface area contributed by atoms with Crippen molar-refractivity contribution in [1.82, 2.24) is 15.5 Å². The number of hydrogen-bond acceptors (Lipinski definition) is 6. The molecule has 1 aliphatic rings. The van der Waals surface area contributed by atoms with Crippen molar-refractivity contribution in [1.29, 1.82) is 0 Å². The number of esters is 1. The maximum absolute atomic E-state index is 12.2. The number of rotatable bonds is 8. The first-order chi connectivity index (χ1) is 14.5. The Kier molecular flexibility index (Phi) is 7.56. The lowest BCUT2D eigenvalue weighted by atomic mass is 10.1. The average molecular weight is 429 g/mol. The Bertz CT molecular complexity index is 913. The first-order valence-electron chi connectivity index (χ1n) is 9.65. The van der Waals surface area contributed by atoms with Gasteiger partial charge in [-0.05, 0) is 42.0 Å². The molecule has 1 aromatic carbocycles. The molecule has 2 heterocycles. The van der Waals surface area contributed by atoms with Crippen LogP contribution in [0, 0.1) is 0 Å². The molecule has 158 valence electrons. The van der Waals surface area contributed by atoms with Crippen molar-refractivity contribution < 1.29 is 23.9 Å². The molecule has 0 atom stereocenters. The molecule has 1 fully saturated rings. The predicted octanol–water partition coefficient (Wildman–Crippen LogP) is 2.10. The average Bonchev–Trinajstić information content (AvgIpc) is 3.38. The van der Waals surface area contributed by atoms with E-state index in [1.165, 1.54) is 0 Å². The number of benzene rings is 1. The lowest BCUT2D eigenvalue weighted by molar-refractivity contribution is -0.128. The molecule has 4 amide bonds. The van der Waals surface area contributed by atoms with E-state index in [4.69, 9.17) is 4.74 Å². The summed E-state index contributed by atoms with van der Waals surface area (Å²) in [5.41, 5.74) is 1.10. The molecule has 0 unspecified atom stereocenters. The second-order valence-corrected chi connectivity index (χ2v) is 7.86. The Morgan fingerprint density at radius 3 is 2.77 bits per heavy atom. The fraction of sp³-hybridized carbons (Fsp3) is 0.333. The highest BCUT2D eigenvalue weighted by atomic mass is 32.1. The Balaban J connectivity index is 1.40. The van der Waals surface area contributed by atoms with Crippen molar-refractivity contribution in [3.63, 3.8) is 0 Å². The summed E-state index contributed by atoms with van der Waals surface area (Å²) in [4.78, 5) is 50.4. The first kappa shape index (κ1) is 21.5. The Morgan fingerprint density at radius 1 is 1.17 bits per heavy atom. The van der Waals surface area contributed by atoms with E-state index < -0.39 is 24.5 Å². The summed E-state index contributed by atoms with van der Waals surface area (Å²) in [5, 5.41) is 6.66. The second kappa shape index (κ2) is 10.5. The Morgan fingerprint density at radius 2 is 2.03 bits per heavy atom. The number of likely N-dealkylation sites (tertiary alicyclic amines) is 1. The van der Waals surface area contributed by atoms with Crippen LogP contribution in [0.4, 0.5) is 4.79 Å². The predicted molar refractivity (Wildman–Crippen MR) is 111 cm³/mol. The number of carbonyl (C=O) groups is 4. The van der Waals surface area contributed by atoms with Crippen molar-refractivity contribution in [3.8, 4) is 0 Å². The summed E-state index contributed by atoms with van der Waals surface area (Å²) in [5.74, 6) is -1.28. The van der Waals surface area contributed by atoms with Gasteiger partial charge in [-0.2, -0.15) is 0 Å². The van der Waals surface area contributed by atoms with Gasteiger partial charge in [-0.15, -0.1) is 11.3 Å². The molecule has 1 aromatic heterocycles. The van der Waals surface area contributed by atoms with Crippen LogP contribution in [0.3, 0.4) is 0 Å². The van der Waals surface area contributed by atoms with E-state index in [-0.39, 0.29) is 11.5 Å². The number of hydrogen-bond donors (Lipinski definition) is 2. The van der Waals surface area contributed by atoms with Crippen LogP contribution in [0.2, 0.25) is 0 Å². The van der Waals surface area contributed by atoms with Crippen molar-refractivity contribution >= 4 is 35.2 Å². The summed E-state index contributed by atoms with van der Waals surface area (Å²) in [6.45, 7) is 0.979. The maximum Gasteiger partial charge on any atom is 0.338 e. The van der Waals surface area contributed by atoms with Crippen LogP contribution in [0.15, 0.2) is 41.8 Å². The third-order valence-corrected chi connectivity index (χ3v) is 5.47. The number of nitrogens with zero attached hydrogens (tertiary/aromatic N) is 1. The molecular weight excluding hydrogens is 406 g/mol. The van der Waals surface area contributed by atoms with Gasteiger partial charge in [-0.3, -0.25) is 14.9 Å². The molecule has 8 nitrogen and oxygen atoms in total. The topological polar surface area (TPSA) is 105 Å². The van der Waals surface area contributed by atoms with E-state index in [1.54, 1.807) is 34.4 Å². The van der Waals surface area contributed by atoms with E-state index in [0.717, 1.165) is 16.9 Å². The van der Waals surface area contributed by atoms with Gasteiger partial charge in [0.25, 0.3) is 5.91 Å². The summed E-state index contributed by atoms with van der Waals surface area (Å²) >= 11 is 1.59. The van der Waals surface area contributed by atoms with Gasteiger partial charge in [0.05, 0.1) is 5.56 Å². The number of urea groups is 1. The highest BCUT2D eigenvalue weighted by Crippen LogP contribution is 2.15. The molecule has 0 aliphatic carbocycles. The minimum absolute atomic E-state index is 0.105. The summed E-state index contributed by atoms with van der Waals surface area (Å²) < 4.78 is 4.99. The zero-order valence-electron chi connectivity index (χ0n) is 16.4. The highest BCUT2D eigenvalue weighted by molar-refractivity contribution is 7.09. The normalized spacial score (nSPS) is 13.2. The second-order valence-electron chi connectivity index (χ2n) is 6.83. The molecule has 0 spiro atoms. The van der Waals surface area contributed by atoms with Gasteiger partial charge in [-0.25, -0.2) is 9.59 Å². The number of amides is 4.